The van der Waals surface area contributed by atoms with E-state index in [-0.39, 0.29) is 0 Å². The number of aromatic amines is 1. The number of halogens is 2. The van der Waals surface area contributed by atoms with Gasteiger partial charge >= 0.3 is 0 Å². The van der Waals surface area contributed by atoms with E-state index in [9.17, 15) is 8.78 Å². The number of hydrogen-bond donors (Lipinski definition) is 1. The molecule has 29 heavy (non-hydrogen) atoms. The van der Waals surface area contributed by atoms with Crippen LogP contribution in [0.3, 0.4) is 0 Å². The van der Waals surface area contributed by atoms with Crippen LogP contribution in [0.2, 0.25) is 0 Å². The summed E-state index contributed by atoms with van der Waals surface area (Å²) < 4.78 is 41.1. The number of methoxy groups -OCH3 is 3. The quantitative estimate of drug-likeness (QED) is 0.465. The standard InChI is InChI=1S/C19H19F2N3O3S2/c1-25-12-5-6-13(14(9-12)26-2)17-22-19(24-23-17)28-10-11-4-7-16(29-18(20)21)15(8-11)27-3/h4-9,18H,10H2,1-3H3,(H,22,23,24). The van der Waals surface area contributed by atoms with Gasteiger partial charge in [-0.1, -0.05) is 29.6 Å². The number of nitrogens with one attached hydrogen (secondary N) is 1. The smallest absolute Gasteiger partial charge is 0.289 e. The third kappa shape index (κ3) is 5.33. The van der Waals surface area contributed by atoms with Gasteiger partial charge in [0.1, 0.15) is 17.2 Å². The topological polar surface area (TPSA) is 69.3 Å². The number of ether oxygens (including phenoxy) is 3. The van der Waals surface area contributed by atoms with Crippen molar-refractivity contribution in [3.63, 3.8) is 0 Å². The minimum Gasteiger partial charge on any atom is -0.497 e. The number of alkyl halides is 2. The van der Waals surface area contributed by atoms with Crippen molar-refractivity contribution in [2.75, 3.05) is 21.3 Å². The number of benzene rings is 2. The first-order valence-corrected chi connectivity index (χ1v) is 10.3. The van der Waals surface area contributed by atoms with Gasteiger partial charge in [-0.05, 0) is 29.8 Å². The Morgan fingerprint density at radius 3 is 2.48 bits per heavy atom. The first-order valence-electron chi connectivity index (χ1n) is 8.43. The molecule has 0 amide bonds. The van der Waals surface area contributed by atoms with Crippen molar-refractivity contribution in [2.45, 2.75) is 21.6 Å². The van der Waals surface area contributed by atoms with Gasteiger partial charge in [-0.25, -0.2) is 4.98 Å². The molecule has 0 aliphatic rings. The lowest BCUT2D eigenvalue weighted by Crippen LogP contribution is -1.92. The predicted molar refractivity (Wildman–Crippen MR) is 109 cm³/mol. The van der Waals surface area contributed by atoms with E-state index in [0.717, 1.165) is 11.1 Å². The van der Waals surface area contributed by atoms with Crippen LogP contribution in [0.25, 0.3) is 11.4 Å². The zero-order chi connectivity index (χ0) is 20.8. The van der Waals surface area contributed by atoms with Crippen LogP contribution in [0.5, 0.6) is 17.2 Å². The van der Waals surface area contributed by atoms with E-state index in [4.69, 9.17) is 14.2 Å². The maximum absolute atomic E-state index is 12.6. The molecule has 1 aromatic heterocycles. The van der Waals surface area contributed by atoms with Crippen LogP contribution in [0.1, 0.15) is 5.56 Å². The second-order valence-electron chi connectivity index (χ2n) is 5.69. The average molecular weight is 440 g/mol. The summed E-state index contributed by atoms with van der Waals surface area (Å²) in [6, 6.07) is 10.6. The maximum atomic E-state index is 12.6. The fourth-order valence-corrected chi connectivity index (χ4v) is 3.91. The van der Waals surface area contributed by atoms with Gasteiger partial charge in [0.05, 0.1) is 31.8 Å². The summed E-state index contributed by atoms with van der Waals surface area (Å²) in [6.45, 7) is 0. The minimum atomic E-state index is -2.49. The van der Waals surface area contributed by atoms with E-state index in [1.165, 1.54) is 18.9 Å². The van der Waals surface area contributed by atoms with Crippen molar-refractivity contribution < 1.29 is 23.0 Å². The zero-order valence-electron chi connectivity index (χ0n) is 15.9. The summed E-state index contributed by atoms with van der Waals surface area (Å²) in [6.07, 6.45) is 0. The van der Waals surface area contributed by atoms with E-state index < -0.39 is 5.76 Å². The SMILES string of the molecule is COc1ccc(-c2nc(SCc3ccc(SC(F)F)c(OC)c3)n[nH]2)c(OC)c1. The highest BCUT2D eigenvalue weighted by molar-refractivity contribution is 7.99. The normalized spacial score (nSPS) is 11.0. The van der Waals surface area contributed by atoms with Crippen LogP contribution in [0.4, 0.5) is 8.78 Å². The largest absolute Gasteiger partial charge is 0.497 e. The number of aromatic nitrogens is 3. The van der Waals surface area contributed by atoms with Gasteiger partial charge in [0.25, 0.3) is 5.76 Å². The van der Waals surface area contributed by atoms with Crippen molar-refractivity contribution >= 4 is 23.5 Å². The predicted octanol–water partition coefficient (Wildman–Crippen LogP) is 5.10. The Morgan fingerprint density at radius 2 is 1.79 bits per heavy atom. The van der Waals surface area contributed by atoms with Gasteiger partial charge in [-0.2, -0.15) is 8.78 Å². The average Bonchev–Trinajstić information content (AvgIpc) is 3.20. The van der Waals surface area contributed by atoms with Gasteiger partial charge in [-0.15, -0.1) is 5.10 Å². The molecule has 2 aromatic carbocycles. The number of hydrogen-bond acceptors (Lipinski definition) is 7. The van der Waals surface area contributed by atoms with Gasteiger partial charge < -0.3 is 14.2 Å². The molecule has 0 aliphatic heterocycles. The Bertz CT molecular complexity index is 970. The third-order valence-electron chi connectivity index (χ3n) is 3.94. The van der Waals surface area contributed by atoms with Crippen LogP contribution in [-0.2, 0) is 5.75 Å². The van der Waals surface area contributed by atoms with Gasteiger partial charge in [0.2, 0.25) is 5.16 Å². The minimum absolute atomic E-state index is 0.406. The number of H-pyrrole nitrogens is 1. The Kier molecular flexibility index (Phi) is 7.21. The molecule has 1 N–H and O–H groups in total. The maximum Gasteiger partial charge on any atom is 0.289 e. The number of thioether (sulfide) groups is 2. The first kappa shape index (κ1) is 21.3. The van der Waals surface area contributed by atoms with Crippen LogP contribution < -0.4 is 14.2 Å². The summed E-state index contributed by atoms with van der Waals surface area (Å²) in [5.74, 6) is 0.370. The molecular formula is C19H19F2N3O3S2. The van der Waals surface area contributed by atoms with Gasteiger partial charge in [0.15, 0.2) is 5.82 Å². The fraction of sp³-hybridized carbons (Fsp3) is 0.263. The molecule has 0 aliphatic carbocycles. The summed E-state index contributed by atoms with van der Waals surface area (Å²) in [5, 5.41) is 7.70. The summed E-state index contributed by atoms with van der Waals surface area (Å²) in [7, 11) is 4.63. The van der Waals surface area contributed by atoms with E-state index in [0.29, 0.717) is 50.6 Å². The summed E-state index contributed by atoms with van der Waals surface area (Å²) in [4.78, 5) is 4.91. The second-order valence-corrected chi connectivity index (χ2v) is 7.66. The Labute approximate surface area is 175 Å². The molecule has 0 fully saturated rings. The molecule has 0 unspecified atom stereocenters. The molecule has 6 nitrogen and oxygen atoms in total. The van der Waals surface area contributed by atoms with E-state index in [1.54, 1.807) is 38.5 Å². The molecule has 3 rings (SSSR count). The Morgan fingerprint density at radius 1 is 1.00 bits per heavy atom. The fourth-order valence-electron chi connectivity index (χ4n) is 2.57. The van der Waals surface area contributed by atoms with Crippen LogP contribution in [-0.4, -0.2) is 42.3 Å². The molecule has 0 saturated carbocycles. The van der Waals surface area contributed by atoms with Crippen molar-refractivity contribution in [1.82, 2.24) is 15.2 Å². The highest BCUT2D eigenvalue weighted by Crippen LogP contribution is 2.36. The molecular weight excluding hydrogens is 420 g/mol. The number of nitrogens with zero attached hydrogens (tertiary/aromatic N) is 2. The molecule has 0 radical (unpaired) electrons. The lowest BCUT2D eigenvalue weighted by Gasteiger charge is -2.09. The summed E-state index contributed by atoms with van der Waals surface area (Å²) >= 11 is 1.88. The molecule has 0 saturated heterocycles. The van der Waals surface area contributed by atoms with E-state index in [1.807, 2.05) is 12.1 Å². The lowest BCUT2D eigenvalue weighted by molar-refractivity contribution is 0.251. The van der Waals surface area contributed by atoms with Crippen molar-refractivity contribution in [1.29, 1.82) is 0 Å². The van der Waals surface area contributed by atoms with Crippen LogP contribution in [0.15, 0.2) is 46.5 Å². The molecule has 3 aromatic rings. The monoisotopic (exact) mass is 439 g/mol. The zero-order valence-corrected chi connectivity index (χ0v) is 17.6. The van der Waals surface area contributed by atoms with Crippen molar-refractivity contribution in [2.24, 2.45) is 0 Å². The summed E-state index contributed by atoms with van der Waals surface area (Å²) in [5.41, 5.74) is 1.68. The van der Waals surface area contributed by atoms with Crippen molar-refractivity contribution in [3.8, 4) is 28.6 Å². The van der Waals surface area contributed by atoms with Crippen LogP contribution in [0, 0.1) is 0 Å². The Balaban J connectivity index is 1.71. The highest BCUT2D eigenvalue weighted by atomic mass is 32.2. The molecule has 0 spiro atoms. The lowest BCUT2D eigenvalue weighted by atomic mass is 10.2. The highest BCUT2D eigenvalue weighted by Gasteiger charge is 2.14. The second kappa shape index (κ2) is 9.84. The molecule has 10 heteroatoms. The van der Waals surface area contributed by atoms with E-state index >= 15 is 0 Å². The Hall–Kier alpha value is -2.46. The third-order valence-corrected chi connectivity index (χ3v) is 5.63. The van der Waals surface area contributed by atoms with Gasteiger partial charge in [-0.3, -0.25) is 5.10 Å². The van der Waals surface area contributed by atoms with Gasteiger partial charge in [0, 0.05) is 11.8 Å². The van der Waals surface area contributed by atoms with Crippen molar-refractivity contribution in [3.05, 3.63) is 42.0 Å². The molecule has 0 atom stereocenters. The van der Waals surface area contributed by atoms with Crippen LogP contribution >= 0.6 is 23.5 Å². The molecule has 0 bridgehead atoms. The number of rotatable bonds is 9. The first-order chi connectivity index (χ1) is 14.0. The molecule has 1 heterocycles. The molecule has 154 valence electrons. The van der Waals surface area contributed by atoms with E-state index in [2.05, 4.69) is 15.2 Å².